The van der Waals surface area contributed by atoms with Crippen LogP contribution in [-0.2, 0) is 19.1 Å². The molecule has 6 nitrogen and oxygen atoms in total. The number of carbonyl (C=O) groups is 3. The predicted molar refractivity (Wildman–Crippen MR) is 125 cm³/mol. The van der Waals surface area contributed by atoms with Gasteiger partial charge in [0.15, 0.2) is 6.61 Å². The lowest BCUT2D eigenvalue weighted by Gasteiger charge is -2.30. The summed E-state index contributed by atoms with van der Waals surface area (Å²) in [6.45, 7) is 4.35. The molecule has 1 heterocycles. The summed E-state index contributed by atoms with van der Waals surface area (Å²) < 4.78 is 5.21. The molecule has 0 spiro atoms. The van der Waals surface area contributed by atoms with Crippen molar-refractivity contribution in [3.8, 4) is 0 Å². The van der Waals surface area contributed by atoms with Crippen LogP contribution in [0.5, 0.6) is 0 Å². The van der Waals surface area contributed by atoms with Crippen molar-refractivity contribution >= 4 is 41.1 Å². The SMILES string of the molecule is Cc1cc(C)c(NC(=O)COC(=O)C2CCN(C(=O)/C=C/c3ccccc3)CC2)c(Cl)c1. The normalized spacial score (nSPS) is 14.4. The van der Waals surface area contributed by atoms with Gasteiger partial charge in [0, 0.05) is 19.2 Å². The lowest BCUT2D eigenvalue weighted by atomic mass is 9.97. The number of nitrogens with one attached hydrogen (secondary N) is 1. The van der Waals surface area contributed by atoms with Crippen molar-refractivity contribution in [2.75, 3.05) is 25.0 Å². The monoisotopic (exact) mass is 454 g/mol. The van der Waals surface area contributed by atoms with E-state index in [0.29, 0.717) is 36.6 Å². The number of halogens is 1. The van der Waals surface area contributed by atoms with Crippen LogP contribution in [0.4, 0.5) is 5.69 Å². The third-order valence-electron chi connectivity index (χ3n) is 5.40. The maximum Gasteiger partial charge on any atom is 0.309 e. The van der Waals surface area contributed by atoms with Crippen molar-refractivity contribution < 1.29 is 19.1 Å². The molecule has 168 valence electrons. The Labute approximate surface area is 193 Å². The first-order valence-electron chi connectivity index (χ1n) is 10.6. The van der Waals surface area contributed by atoms with E-state index in [1.165, 1.54) is 0 Å². The molecule has 0 aromatic heterocycles. The fraction of sp³-hybridized carbons (Fsp3) is 0.320. The van der Waals surface area contributed by atoms with E-state index in [9.17, 15) is 14.4 Å². The minimum Gasteiger partial charge on any atom is -0.455 e. The number of rotatable bonds is 6. The highest BCUT2D eigenvalue weighted by Crippen LogP contribution is 2.27. The Kier molecular flexibility index (Phi) is 8.06. The van der Waals surface area contributed by atoms with Crippen LogP contribution >= 0.6 is 11.6 Å². The highest BCUT2D eigenvalue weighted by Gasteiger charge is 2.28. The van der Waals surface area contributed by atoms with Crippen LogP contribution in [0.3, 0.4) is 0 Å². The summed E-state index contributed by atoms with van der Waals surface area (Å²) in [5.74, 6) is -1.26. The molecule has 0 atom stereocenters. The molecule has 3 rings (SSSR count). The number of anilines is 1. The third kappa shape index (κ3) is 6.44. The molecule has 2 aromatic rings. The number of ether oxygens (including phenoxy) is 1. The molecule has 0 unspecified atom stereocenters. The molecule has 2 aromatic carbocycles. The van der Waals surface area contributed by atoms with Crippen LogP contribution < -0.4 is 5.32 Å². The molecule has 1 aliphatic heterocycles. The first-order chi connectivity index (χ1) is 15.3. The second-order valence-electron chi connectivity index (χ2n) is 7.94. The molecule has 0 radical (unpaired) electrons. The number of hydrogen-bond donors (Lipinski definition) is 1. The fourth-order valence-corrected chi connectivity index (χ4v) is 4.05. The van der Waals surface area contributed by atoms with Crippen LogP contribution in [0.25, 0.3) is 6.08 Å². The van der Waals surface area contributed by atoms with Gasteiger partial charge in [-0.2, -0.15) is 0 Å². The summed E-state index contributed by atoms with van der Waals surface area (Å²) in [7, 11) is 0. The van der Waals surface area contributed by atoms with E-state index in [4.69, 9.17) is 16.3 Å². The molecular formula is C25H27ClN2O4. The van der Waals surface area contributed by atoms with E-state index in [-0.39, 0.29) is 18.4 Å². The molecule has 1 N–H and O–H groups in total. The van der Waals surface area contributed by atoms with Crippen LogP contribution in [0, 0.1) is 19.8 Å². The standard InChI is InChI=1S/C25H27ClN2O4/c1-17-14-18(2)24(21(26)15-17)27-22(29)16-32-25(31)20-10-12-28(13-11-20)23(30)9-8-19-6-4-3-5-7-19/h3-9,14-15,20H,10-13,16H2,1-2H3,(H,27,29)/b9-8+. The average Bonchev–Trinajstić information content (AvgIpc) is 2.79. The van der Waals surface area contributed by atoms with Crippen molar-refractivity contribution in [2.24, 2.45) is 5.92 Å². The van der Waals surface area contributed by atoms with Gasteiger partial charge in [0.2, 0.25) is 5.91 Å². The van der Waals surface area contributed by atoms with E-state index in [2.05, 4.69) is 5.32 Å². The Hall–Kier alpha value is -3.12. The first kappa shape index (κ1) is 23.5. The van der Waals surface area contributed by atoms with Gasteiger partial charge in [-0.25, -0.2) is 0 Å². The Morgan fingerprint density at radius 1 is 1.12 bits per heavy atom. The molecule has 1 aliphatic rings. The number of likely N-dealkylation sites (tertiary alicyclic amines) is 1. The second kappa shape index (κ2) is 11.0. The van der Waals surface area contributed by atoms with Gasteiger partial charge in [-0.1, -0.05) is 48.0 Å². The highest BCUT2D eigenvalue weighted by molar-refractivity contribution is 6.34. The maximum atomic E-state index is 12.4. The number of aryl methyl sites for hydroxylation is 2. The number of amides is 2. The van der Waals surface area contributed by atoms with E-state index in [1.807, 2.05) is 50.2 Å². The van der Waals surface area contributed by atoms with Crippen LogP contribution in [0.15, 0.2) is 48.5 Å². The Morgan fingerprint density at radius 2 is 1.81 bits per heavy atom. The van der Waals surface area contributed by atoms with E-state index in [0.717, 1.165) is 16.7 Å². The molecule has 32 heavy (non-hydrogen) atoms. The van der Waals surface area contributed by atoms with Crippen LogP contribution in [0.1, 0.15) is 29.5 Å². The van der Waals surface area contributed by atoms with Gasteiger partial charge < -0.3 is 15.0 Å². The van der Waals surface area contributed by atoms with E-state index >= 15 is 0 Å². The minimum atomic E-state index is -0.439. The molecule has 7 heteroatoms. The van der Waals surface area contributed by atoms with Gasteiger partial charge in [-0.3, -0.25) is 14.4 Å². The minimum absolute atomic E-state index is 0.0783. The number of nitrogens with zero attached hydrogens (tertiary/aromatic N) is 1. The fourth-order valence-electron chi connectivity index (χ4n) is 3.68. The number of piperidine rings is 1. The number of benzene rings is 2. The van der Waals surface area contributed by atoms with Gasteiger partial charge in [-0.05, 0) is 55.5 Å². The first-order valence-corrected chi connectivity index (χ1v) is 11.0. The third-order valence-corrected chi connectivity index (χ3v) is 5.70. The molecule has 1 fully saturated rings. The van der Waals surface area contributed by atoms with E-state index in [1.54, 1.807) is 23.1 Å². The summed E-state index contributed by atoms with van der Waals surface area (Å²) in [5, 5.41) is 3.15. The molecule has 2 amide bonds. The molecule has 0 bridgehead atoms. The lowest BCUT2D eigenvalue weighted by Crippen LogP contribution is -2.40. The smallest absolute Gasteiger partial charge is 0.309 e. The van der Waals surface area contributed by atoms with Gasteiger partial charge >= 0.3 is 5.97 Å². The second-order valence-corrected chi connectivity index (χ2v) is 8.35. The van der Waals surface area contributed by atoms with Gasteiger partial charge in [0.05, 0.1) is 16.6 Å². The number of hydrogen-bond acceptors (Lipinski definition) is 4. The number of carbonyl (C=O) groups excluding carboxylic acids is 3. The highest BCUT2D eigenvalue weighted by atomic mass is 35.5. The lowest BCUT2D eigenvalue weighted by molar-refractivity contribution is -0.153. The van der Waals surface area contributed by atoms with Crippen molar-refractivity contribution in [1.82, 2.24) is 4.90 Å². The molecule has 0 saturated carbocycles. The van der Waals surface area contributed by atoms with Crippen LogP contribution in [0.2, 0.25) is 5.02 Å². The van der Waals surface area contributed by atoms with Gasteiger partial charge in [-0.15, -0.1) is 0 Å². The van der Waals surface area contributed by atoms with Crippen LogP contribution in [-0.4, -0.2) is 42.4 Å². The summed E-state index contributed by atoms with van der Waals surface area (Å²) in [6.07, 6.45) is 4.35. The summed E-state index contributed by atoms with van der Waals surface area (Å²) >= 11 is 6.20. The summed E-state index contributed by atoms with van der Waals surface area (Å²) in [6, 6.07) is 13.3. The summed E-state index contributed by atoms with van der Waals surface area (Å²) in [5.41, 5.74) is 3.32. The van der Waals surface area contributed by atoms with Gasteiger partial charge in [0.1, 0.15) is 0 Å². The topological polar surface area (TPSA) is 75.7 Å². The van der Waals surface area contributed by atoms with Crippen molar-refractivity contribution in [3.05, 3.63) is 70.3 Å². The zero-order valence-electron chi connectivity index (χ0n) is 18.3. The summed E-state index contributed by atoms with van der Waals surface area (Å²) in [4.78, 5) is 38.7. The number of esters is 1. The van der Waals surface area contributed by atoms with Gasteiger partial charge in [0.25, 0.3) is 5.91 Å². The van der Waals surface area contributed by atoms with Crippen molar-refractivity contribution in [1.29, 1.82) is 0 Å². The zero-order chi connectivity index (χ0) is 23.1. The quantitative estimate of drug-likeness (QED) is 0.518. The van der Waals surface area contributed by atoms with Crippen molar-refractivity contribution in [2.45, 2.75) is 26.7 Å². The molecule has 1 saturated heterocycles. The zero-order valence-corrected chi connectivity index (χ0v) is 19.0. The molecular weight excluding hydrogens is 428 g/mol. The largest absolute Gasteiger partial charge is 0.455 e. The maximum absolute atomic E-state index is 12.4. The Balaban J connectivity index is 1.43. The average molecular weight is 455 g/mol. The molecule has 0 aliphatic carbocycles. The van der Waals surface area contributed by atoms with Crippen molar-refractivity contribution in [3.63, 3.8) is 0 Å². The Morgan fingerprint density at radius 3 is 2.47 bits per heavy atom. The predicted octanol–water partition coefficient (Wildman–Crippen LogP) is 4.39. The van der Waals surface area contributed by atoms with E-state index < -0.39 is 11.9 Å². The Bertz CT molecular complexity index is 989.